The van der Waals surface area contributed by atoms with Crippen LogP contribution in [0.5, 0.6) is 0 Å². The van der Waals surface area contributed by atoms with Crippen LogP contribution >= 0.6 is 7.82 Å². The maximum absolute atomic E-state index is 9.52. The summed E-state index contributed by atoms with van der Waals surface area (Å²) in [7, 11) is -4.06. The first-order valence-corrected chi connectivity index (χ1v) is 4.42. The minimum Gasteiger partial charge on any atom is -1.00 e. The third-order valence-electron chi connectivity index (χ3n) is 0.238. The number of hydrogen-bond donors (Lipinski definition) is 2. The minimum atomic E-state index is -4.06. The maximum atomic E-state index is 9.52. The first-order valence-electron chi connectivity index (χ1n) is 1.17. The van der Waals surface area contributed by atoms with Gasteiger partial charge in [-0.1, -0.05) is 0 Å². The van der Waals surface area contributed by atoms with Crippen LogP contribution in [0.1, 0.15) is 1.43 Å². The second kappa shape index (κ2) is 4.16. The summed E-state index contributed by atoms with van der Waals surface area (Å²) < 4.78 is 13.3. The second-order valence-corrected chi connectivity index (χ2v) is 4.32. The van der Waals surface area contributed by atoms with E-state index in [1.54, 1.807) is 0 Å². The van der Waals surface area contributed by atoms with Crippen molar-refractivity contribution in [3.05, 3.63) is 0 Å². The predicted molar refractivity (Wildman–Crippen MR) is 24.2 cm³/mol. The zero-order chi connectivity index (χ0) is 5.21. The summed E-state index contributed by atoms with van der Waals surface area (Å²) in [5, 5.41) is 0. The smallest absolute Gasteiger partial charge is 1.00 e. The molecule has 0 aromatic heterocycles. The molecule has 0 bridgehead atoms. The van der Waals surface area contributed by atoms with Crippen molar-refractivity contribution in [2.75, 3.05) is 0 Å². The third kappa shape index (κ3) is 11.1. The van der Waals surface area contributed by atoms with Gasteiger partial charge in [-0.15, -0.1) is 0 Å². The van der Waals surface area contributed by atoms with Crippen molar-refractivity contribution in [2.24, 2.45) is 0 Å². The molecule has 0 aromatic rings. The molecule has 0 heterocycles. The molecule has 7 heavy (non-hydrogen) atoms. The summed E-state index contributed by atoms with van der Waals surface area (Å²) >= 11 is -0.216. The van der Waals surface area contributed by atoms with Gasteiger partial charge in [-0.25, -0.2) is 0 Å². The van der Waals surface area contributed by atoms with Gasteiger partial charge in [0.05, 0.1) is 0 Å². The Morgan fingerprint density at radius 1 is 1.71 bits per heavy atom. The van der Waals surface area contributed by atoms with Crippen molar-refractivity contribution in [1.29, 1.82) is 0 Å². The van der Waals surface area contributed by atoms with E-state index in [1.807, 2.05) is 0 Å². The van der Waals surface area contributed by atoms with Crippen molar-refractivity contribution < 1.29 is 38.2 Å². The van der Waals surface area contributed by atoms with E-state index in [0.29, 0.717) is 0 Å². The Morgan fingerprint density at radius 2 is 1.86 bits per heavy atom. The molecule has 0 fully saturated rings. The van der Waals surface area contributed by atoms with Crippen LogP contribution in [0.2, 0.25) is 0 Å². The molecule has 0 saturated carbocycles. The van der Waals surface area contributed by atoms with Crippen molar-refractivity contribution in [2.45, 2.75) is 0 Å². The number of hydrogen-bond acceptors (Lipinski definition) is 2. The summed E-state index contributed by atoms with van der Waals surface area (Å²) in [6.07, 6.45) is 0. The third-order valence-corrected chi connectivity index (χ3v) is 3.71. The Balaban J connectivity index is -0.000000125. The molecule has 0 saturated heterocycles. The SMILES string of the molecule is O=P(O)(O)[O][GeH3].[H-].[Li+]. The van der Waals surface area contributed by atoms with Crippen LogP contribution in [-0.4, -0.2) is 26.6 Å². The Hall–Kier alpha value is 1.25. The van der Waals surface area contributed by atoms with Gasteiger partial charge in [0.2, 0.25) is 0 Å². The van der Waals surface area contributed by atoms with Crippen LogP contribution in [0.15, 0.2) is 0 Å². The molecule has 0 atom stereocenters. The van der Waals surface area contributed by atoms with E-state index in [4.69, 9.17) is 9.79 Å². The summed E-state index contributed by atoms with van der Waals surface area (Å²) in [4.78, 5) is 15.5. The normalized spacial score (nSPS) is 10.6. The van der Waals surface area contributed by atoms with Gasteiger partial charge in [-0.3, -0.25) is 0 Å². The minimum absolute atomic E-state index is 0. The Morgan fingerprint density at radius 3 is 1.86 bits per heavy atom. The molecule has 0 unspecified atom stereocenters. The van der Waals surface area contributed by atoms with E-state index in [0.717, 1.165) is 0 Å². The monoisotopic (exact) mass is 182 g/mol. The van der Waals surface area contributed by atoms with Crippen molar-refractivity contribution in [1.82, 2.24) is 0 Å². The molecule has 0 aliphatic carbocycles. The fraction of sp³-hybridized carbons (Fsp3) is 0. The standard InChI is InChI=1S/GeH5O4P.Li.H/c1-5-6(2,3)4;;/h1H3,(H2,2,3,4);;/q;+1;-1. The van der Waals surface area contributed by atoms with E-state index >= 15 is 0 Å². The molecule has 7 heteroatoms. The van der Waals surface area contributed by atoms with Gasteiger partial charge in [0.15, 0.2) is 0 Å². The molecule has 0 radical (unpaired) electrons. The largest absolute Gasteiger partial charge is 1.00 e. The molecule has 40 valence electrons. The average molecular weight is 181 g/mol. The molecule has 2 N–H and O–H groups in total. The van der Waals surface area contributed by atoms with E-state index < -0.39 is 7.82 Å². The van der Waals surface area contributed by atoms with E-state index in [1.165, 1.54) is 0 Å². The van der Waals surface area contributed by atoms with Crippen molar-refractivity contribution in [3.8, 4) is 0 Å². The van der Waals surface area contributed by atoms with Gasteiger partial charge >= 0.3 is 61.4 Å². The van der Waals surface area contributed by atoms with E-state index in [9.17, 15) is 4.57 Å². The van der Waals surface area contributed by atoms with Crippen LogP contribution in [0.3, 0.4) is 0 Å². The molecule has 0 aliphatic heterocycles. The van der Waals surface area contributed by atoms with Crippen LogP contribution in [0.25, 0.3) is 0 Å². The zero-order valence-corrected chi connectivity index (χ0v) is 9.25. The summed E-state index contributed by atoms with van der Waals surface area (Å²) in [6, 6.07) is 0. The molecular weight excluding hydrogens is 175 g/mol. The zero-order valence-electron chi connectivity index (χ0n) is 5.16. The van der Waals surface area contributed by atoms with Crippen LogP contribution in [-0.2, 0) is 8.12 Å². The van der Waals surface area contributed by atoms with Gasteiger partial charge in [0.1, 0.15) is 0 Å². The Bertz CT molecular complexity index is 80.1. The van der Waals surface area contributed by atoms with Crippen LogP contribution in [0, 0.1) is 0 Å². The Kier molecular flexibility index (Phi) is 6.60. The second-order valence-electron chi connectivity index (χ2n) is 0.673. The topological polar surface area (TPSA) is 66.8 Å². The van der Waals surface area contributed by atoms with E-state index in [2.05, 4.69) is 3.55 Å². The fourth-order valence-electron chi connectivity index (χ4n) is 0. The molecule has 0 aromatic carbocycles. The van der Waals surface area contributed by atoms with Gasteiger partial charge < -0.3 is 1.43 Å². The molecule has 0 aliphatic rings. The number of rotatable bonds is 1. The van der Waals surface area contributed by atoms with Gasteiger partial charge in [-0.05, 0) is 0 Å². The van der Waals surface area contributed by atoms with Crippen molar-refractivity contribution in [3.63, 3.8) is 0 Å². The summed E-state index contributed by atoms with van der Waals surface area (Å²) in [5.41, 5.74) is 0. The van der Waals surface area contributed by atoms with Crippen molar-refractivity contribution >= 4 is 24.7 Å². The molecule has 0 spiro atoms. The van der Waals surface area contributed by atoms with Gasteiger partial charge in [0.25, 0.3) is 0 Å². The number of phosphoric acid groups is 1. The van der Waals surface area contributed by atoms with Gasteiger partial charge in [-0.2, -0.15) is 0 Å². The first kappa shape index (κ1) is 11.1. The molecule has 0 amide bonds. The molecular formula is H6GeLiO4P. The predicted octanol–water partition coefficient (Wildman–Crippen LogP) is -4.51. The summed E-state index contributed by atoms with van der Waals surface area (Å²) in [6.45, 7) is 0. The molecule has 0 rings (SSSR count). The van der Waals surface area contributed by atoms with Crippen LogP contribution in [0.4, 0.5) is 0 Å². The van der Waals surface area contributed by atoms with Gasteiger partial charge in [0, 0.05) is 0 Å². The maximum Gasteiger partial charge on any atom is 1.00 e. The Labute approximate surface area is 63.1 Å². The quantitative estimate of drug-likeness (QED) is 0.315. The van der Waals surface area contributed by atoms with Crippen LogP contribution < -0.4 is 18.9 Å². The summed E-state index contributed by atoms with van der Waals surface area (Å²) in [5.74, 6) is 0. The fourth-order valence-corrected chi connectivity index (χ4v) is 0. The molecule has 4 nitrogen and oxygen atoms in total. The average Bonchev–Trinajstić information content (AvgIpc) is 1.35. The first-order chi connectivity index (χ1) is 2.56. The van der Waals surface area contributed by atoms with E-state index in [-0.39, 0.29) is 37.1 Å².